The van der Waals surface area contributed by atoms with Crippen LogP contribution in [0.15, 0.2) is 40.7 Å². The average molecular weight is 546 g/mol. The Morgan fingerprint density at radius 2 is 2.13 bits per heavy atom. The van der Waals surface area contributed by atoms with Crippen LogP contribution in [0.1, 0.15) is 23.4 Å². The molecule has 2 atom stereocenters. The van der Waals surface area contributed by atoms with Crippen LogP contribution in [0.5, 0.6) is 11.5 Å². The van der Waals surface area contributed by atoms with Crippen molar-refractivity contribution in [2.45, 2.75) is 25.6 Å². The third-order valence-electron chi connectivity index (χ3n) is 4.94. The Labute approximate surface area is 199 Å². The summed E-state index contributed by atoms with van der Waals surface area (Å²) < 4.78 is 16.3. The van der Waals surface area contributed by atoms with E-state index < -0.39 is 0 Å². The van der Waals surface area contributed by atoms with Gasteiger partial charge < -0.3 is 25.3 Å². The van der Waals surface area contributed by atoms with Crippen LogP contribution in [-0.2, 0) is 11.3 Å². The second-order valence-electron chi connectivity index (χ2n) is 6.98. The van der Waals surface area contributed by atoms with E-state index in [1.807, 2.05) is 18.2 Å². The van der Waals surface area contributed by atoms with E-state index in [9.17, 15) is 0 Å². The number of halogens is 1. The number of benzene rings is 1. The standard InChI is InChI=1S/C21H30N4O3S.HI/c1-15-14-25(8-9-28-15)17(20-5-4-10-29-20)13-24-21(22)23-12-16-6-7-18(26-2)19(11-16)27-3;/h4-7,10-11,15,17H,8-9,12-14H2,1-3H3,(H3,22,23,24);1H. The molecule has 0 bridgehead atoms. The fourth-order valence-corrected chi connectivity index (χ4v) is 4.29. The third-order valence-corrected chi connectivity index (χ3v) is 5.91. The Hall–Kier alpha value is -1.56. The van der Waals surface area contributed by atoms with E-state index in [0.29, 0.717) is 30.5 Å². The molecule has 1 saturated heterocycles. The van der Waals surface area contributed by atoms with Gasteiger partial charge in [0.2, 0.25) is 0 Å². The largest absolute Gasteiger partial charge is 0.493 e. The fraction of sp³-hybridized carbons (Fsp3) is 0.476. The SMILES string of the molecule is COc1ccc(CN=C(N)NCC(c2cccs2)N2CCOC(C)C2)cc1OC.I. The quantitative estimate of drug-likeness (QED) is 0.301. The topological polar surface area (TPSA) is 81.3 Å². The van der Waals surface area contributed by atoms with E-state index in [1.54, 1.807) is 25.6 Å². The van der Waals surface area contributed by atoms with Gasteiger partial charge >= 0.3 is 0 Å². The molecule has 1 aromatic heterocycles. The molecule has 0 spiro atoms. The van der Waals surface area contributed by atoms with Crippen LogP contribution in [0, 0.1) is 0 Å². The van der Waals surface area contributed by atoms with Crippen LogP contribution in [0.2, 0.25) is 0 Å². The fourth-order valence-electron chi connectivity index (χ4n) is 3.43. The van der Waals surface area contributed by atoms with E-state index in [1.165, 1.54) is 4.88 Å². The van der Waals surface area contributed by atoms with Gasteiger partial charge in [0.25, 0.3) is 0 Å². The highest BCUT2D eigenvalue weighted by Gasteiger charge is 2.26. The maximum absolute atomic E-state index is 6.15. The highest BCUT2D eigenvalue weighted by Crippen LogP contribution is 2.28. The van der Waals surface area contributed by atoms with Crippen LogP contribution in [0.3, 0.4) is 0 Å². The van der Waals surface area contributed by atoms with Crippen molar-refractivity contribution in [3.8, 4) is 11.5 Å². The number of guanidine groups is 1. The van der Waals surface area contributed by atoms with E-state index in [4.69, 9.17) is 19.9 Å². The minimum absolute atomic E-state index is 0. The van der Waals surface area contributed by atoms with Crippen LogP contribution in [0.25, 0.3) is 0 Å². The Balaban J connectivity index is 0.00000320. The lowest BCUT2D eigenvalue weighted by Gasteiger charge is -2.37. The summed E-state index contributed by atoms with van der Waals surface area (Å²) in [5, 5.41) is 5.41. The number of methoxy groups -OCH3 is 2. The molecule has 9 heteroatoms. The van der Waals surface area contributed by atoms with E-state index in [-0.39, 0.29) is 36.1 Å². The number of nitrogens with one attached hydrogen (secondary N) is 1. The summed E-state index contributed by atoms with van der Waals surface area (Å²) in [6.45, 7) is 5.87. The molecule has 1 fully saturated rings. The molecule has 2 unspecified atom stereocenters. The summed E-state index contributed by atoms with van der Waals surface area (Å²) in [6.07, 6.45) is 0.238. The Morgan fingerprint density at radius 3 is 2.80 bits per heavy atom. The number of rotatable bonds is 8. The Kier molecular flexibility index (Phi) is 10.2. The molecule has 1 aromatic carbocycles. The molecule has 1 aliphatic rings. The first kappa shape index (κ1) is 24.7. The highest BCUT2D eigenvalue weighted by atomic mass is 127. The molecule has 2 aromatic rings. The van der Waals surface area contributed by atoms with Crippen molar-refractivity contribution in [3.63, 3.8) is 0 Å². The molecule has 0 amide bonds. The number of nitrogens with zero attached hydrogens (tertiary/aromatic N) is 2. The number of aliphatic imine (C=N–C) groups is 1. The summed E-state index contributed by atoms with van der Waals surface area (Å²) in [5.41, 5.74) is 7.15. The molecule has 0 radical (unpaired) electrons. The van der Waals surface area contributed by atoms with Crippen molar-refractivity contribution < 1.29 is 14.2 Å². The maximum atomic E-state index is 6.15. The number of nitrogens with two attached hydrogens (primary N) is 1. The zero-order valence-electron chi connectivity index (χ0n) is 17.7. The van der Waals surface area contributed by atoms with Crippen molar-refractivity contribution in [2.75, 3.05) is 40.5 Å². The Bertz CT molecular complexity index is 804. The highest BCUT2D eigenvalue weighted by molar-refractivity contribution is 14.0. The lowest BCUT2D eigenvalue weighted by atomic mass is 10.1. The Morgan fingerprint density at radius 1 is 1.33 bits per heavy atom. The van der Waals surface area contributed by atoms with Crippen LogP contribution in [0.4, 0.5) is 0 Å². The van der Waals surface area contributed by atoms with Crippen molar-refractivity contribution in [3.05, 3.63) is 46.2 Å². The predicted molar refractivity (Wildman–Crippen MR) is 132 cm³/mol. The zero-order valence-corrected chi connectivity index (χ0v) is 20.8. The lowest BCUT2D eigenvalue weighted by Crippen LogP contribution is -2.47. The first-order valence-electron chi connectivity index (χ1n) is 9.74. The first-order valence-corrected chi connectivity index (χ1v) is 10.6. The second-order valence-corrected chi connectivity index (χ2v) is 7.96. The van der Waals surface area contributed by atoms with Crippen molar-refractivity contribution in [1.82, 2.24) is 10.2 Å². The molecule has 3 N–H and O–H groups in total. The minimum atomic E-state index is 0. The van der Waals surface area contributed by atoms with Gasteiger partial charge in [-0.25, -0.2) is 4.99 Å². The number of hydrogen-bond donors (Lipinski definition) is 2. The molecule has 3 rings (SSSR count). The molecule has 7 nitrogen and oxygen atoms in total. The summed E-state index contributed by atoms with van der Waals surface area (Å²) in [4.78, 5) is 8.26. The molecule has 1 aliphatic heterocycles. The van der Waals surface area contributed by atoms with Gasteiger partial charge in [-0.2, -0.15) is 0 Å². The van der Waals surface area contributed by atoms with E-state index >= 15 is 0 Å². The molecular formula is C21H31IN4O3S. The van der Waals surface area contributed by atoms with Gasteiger partial charge in [-0.3, -0.25) is 4.90 Å². The zero-order chi connectivity index (χ0) is 20.6. The molecule has 0 aliphatic carbocycles. The van der Waals surface area contributed by atoms with E-state index in [0.717, 1.165) is 25.3 Å². The number of hydrogen-bond acceptors (Lipinski definition) is 6. The molecule has 2 heterocycles. The van der Waals surface area contributed by atoms with Gasteiger partial charge in [0.1, 0.15) is 0 Å². The molecular weight excluding hydrogens is 515 g/mol. The summed E-state index contributed by atoms with van der Waals surface area (Å²) >= 11 is 1.77. The van der Waals surface area contributed by atoms with Gasteiger partial charge in [0.05, 0.1) is 39.5 Å². The smallest absolute Gasteiger partial charge is 0.188 e. The van der Waals surface area contributed by atoms with Crippen LogP contribution < -0.4 is 20.5 Å². The predicted octanol–water partition coefficient (Wildman–Crippen LogP) is 3.25. The number of ether oxygens (including phenoxy) is 3. The van der Waals surface area contributed by atoms with Gasteiger partial charge in [0.15, 0.2) is 17.5 Å². The van der Waals surface area contributed by atoms with Crippen molar-refractivity contribution >= 4 is 41.3 Å². The lowest BCUT2D eigenvalue weighted by molar-refractivity contribution is -0.0333. The minimum Gasteiger partial charge on any atom is -0.493 e. The number of thiophene rings is 1. The third kappa shape index (κ3) is 6.73. The monoisotopic (exact) mass is 546 g/mol. The molecule has 166 valence electrons. The maximum Gasteiger partial charge on any atom is 0.188 e. The first-order chi connectivity index (χ1) is 14.1. The van der Waals surface area contributed by atoms with E-state index in [2.05, 4.69) is 39.6 Å². The van der Waals surface area contributed by atoms with Crippen LogP contribution >= 0.6 is 35.3 Å². The summed E-state index contributed by atoms with van der Waals surface area (Å²) in [6, 6.07) is 10.3. The normalized spacial score (nSPS) is 18.4. The summed E-state index contributed by atoms with van der Waals surface area (Å²) in [7, 11) is 3.24. The molecule has 0 saturated carbocycles. The van der Waals surface area contributed by atoms with Gasteiger partial charge in [-0.15, -0.1) is 35.3 Å². The van der Waals surface area contributed by atoms with Crippen molar-refractivity contribution in [1.29, 1.82) is 0 Å². The summed E-state index contributed by atoms with van der Waals surface area (Å²) in [5.74, 6) is 1.82. The van der Waals surface area contributed by atoms with Gasteiger partial charge in [-0.05, 0) is 36.1 Å². The van der Waals surface area contributed by atoms with Gasteiger partial charge in [0, 0.05) is 24.5 Å². The van der Waals surface area contributed by atoms with Crippen LogP contribution in [-0.4, -0.2) is 57.4 Å². The van der Waals surface area contributed by atoms with Gasteiger partial charge in [-0.1, -0.05) is 12.1 Å². The average Bonchev–Trinajstić information content (AvgIpc) is 3.26. The second kappa shape index (κ2) is 12.3. The van der Waals surface area contributed by atoms with Crippen molar-refractivity contribution in [2.24, 2.45) is 10.7 Å². The molecule has 30 heavy (non-hydrogen) atoms. The number of morpholine rings is 1.